The van der Waals surface area contributed by atoms with Gasteiger partial charge in [-0.2, -0.15) is 0 Å². The van der Waals surface area contributed by atoms with Crippen LogP contribution in [0.25, 0.3) is 10.2 Å². The number of anilines is 1. The summed E-state index contributed by atoms with van der Waals surface area (Å²) in [5, 5.41) is 1.32. The summed E-state index contributed by atoms with van der Waals surface area (Å²) in [6.45, 7) is 4.21. The van der Waals surface area contributed by atoms with Gasteiger partial charge in [0.05, 0.1) is 10.2 Å². The number of hydrogen-bond acceptors (Lipinski definition) is 4. The molecule has 1 heterocycles. The minimum atomic E-state index is -0.613. The molecule has 1 aromatic heterocycles. The van der Waals surface area contributed by atoms with Crippen molar-refractivity contribution in [2.45, 2.75) is 20.0 Å². The largest absolute Gasteiger partial charge is 0.481 e. The van der Waals surface area contributed by atoms with Crippen molar-refractivity contribution in [1.82, 2.24) is 4.98 Å². The number of rotatable bonds is 5. The van der Waals surface area contributed by atoms with Gasteiger partial charge in [-0.25, -0.2) is 4.98 Å². The average Bonchev–Trinajstić information content (AvgIpc) is 3.01. The molecule has 0 spiro atoms. The number of halogens is 1. The highest BCUT2D eigenvalue weighted by molar-refractivity contribution is 7.22. The number of fused-ring (bicyclic) bond motifs is 1. The lowest BCUT2D eigenvalue weighted by Crippen LogP contribution is -2.40. The Bertz CT molecular complexity index is 815. The first-order valence-corrected chi connectivity index (χ1v) is 8.87. The van der Waals surface area contributed by atoms with E-state index >= 15 is 0 Å². The minimum Gasteiger partial charge on any atom is -0.481 e. The van der Waals surface area contributed by atoms with Crippen LogP contribution in [-0.4, -0.2) is 23.5 Å². The number of hydrogen-bond donors (Lipinski definition) is 0. The Morgan fingerprint density at radius 1 is 1.25 bits per heavy atom. The third-order valence-electron chi connectivity index (χ3n) is 3.57. The fourth-order valence-corrected chi connectivity index (χ4v) is 3.51. The van der Waals surface area contributed by atoms with Crippen LogP contribution < -0.4 is 9.64 Å². The molecular formula is C18H17ClN2O2S. The second-order valence-electron chi connectivity index (χ2n) is 5.26. The molecule has 1 amide bonds. The van der Waals surface area contributed by atoms with Gasteiger partial charge in [-0.15, -0.1) is 0 Å². The summed E-state index contributed by atoms with van der Waals surface area (Å²) >= 11 is 7.37. The van der Waals surface area contributed by atoms with E-state index in [9.17, 15) is 4.79 Å². The Morgan fingerprint density at radius 2 is 1.96 bits per heavy atom. The predicted molar refractivity (Wildman–Crippen MR) is 99.2 cm³/mol. The summed E-state index contributed by atoms with van der Waals surface area (Å²) in [6, 6.07) is 14.8. The summed E-state index contributed by atoms with van der Waals surface area (Å²) < 4.78 is 6.80. The molecule has 6 heteroatoms. The number of benzene rings is 2. The van der Waals surface area contributed by atoms with Crippen molar-refractivity contribution in [3.05, 3.63) is 53.6 Å². The Labute approximate surface area is 149 Å². The SMILES string of the molecule is CCN(C(=O)C(C)Oc1ccc(Cl)cc1)c1nc2ccccc2s1. The number of likely N-dealkylation sites (N-methyl/N-ethyl adjacent to an activating group) is 1. The van der Waals surface area contributed by atoms with Crippen molar-refractivity contribution in [1.29, 1.82) is 0 Å². The number of amides is 1. The summed E-state index contributed by atoms with van der Waals surface area (Å²) in [5.41, 5.74) is 0.898. The van der Waals surface area contributed by atoms with Crippen LogP contribution in [0.4, 0.5) is 5.13 Å². The van der Waals surface area contributed by atoms with Crippen molar-refractivity contribution in [2.24, 2.45) is 0 Å². The molecule has 3 rings (SSSR count). The van der Waals surface area contributed by atoms with Crippen molar-refractivity contribution in [3.63, 3.8) is 0 Å². The highest BCUT2D eigenvalue weighted by Crippen LogP contribution is 2.29. The van der Waals surface area contributed by atoms with Crippen molar-refractivity contribution in [2.75, 3.05) is 11.4 Å². The van der Waals surface area contributed by atoms with Crippen LogP contribution in [0.1, 0.15) is 13.8 Å². The maximum absolute atomic E-state index is 12.8. The molecule has 124 valence electrons. The molecule has 24 heavy (non-hydrogen) atoms. The van der Waals surface area contributed by atoms with Crippen molar-refractivity contribution >= 4 is 44.2 Å². The molecule has 0 N–H and O–H groups in total. The smallest absolute Gasteiger partial charge is 0.269 e. The second kappa shape index (κ2) is 7.20. The lowest BCUT2D eigenvalue weighted by Gasteiger charge is -2.22. The van der Waals surface area contributed by atoms with E-state index < -0.39 is 6.10 Å². The van der Waals surface area contributed by atoms with E-state index in [4.69, 9.17) is 16.3 Å². The number of para-hydroxylation sites is 1. The monoisotopic (exact) mass is 360 g/mol. The Morgan fingerprint density at radius 3 is 2.62 bits per heavy atom. The van der Waals surface area contributed by atoms with Crippen molar-refractivity contribution < 1.29 is 9.53 Å². The molecule has 0 aliphatic carbocycles. The van der Waals surface area contributed by atoms with Gasteiger partial charge < -0.3 is 4.74 Å². The summed E-state index contributed by atoms with van der Waals surface area (Å²) in [4.78, 5) is 19.0. The molecule has 4 nitrogen and oxygen atoms in total. The maximum Gasteiger partial charge on any atom is 0.269 e. The van der Waals surface area contributed by atoms with E-state index in [0.717, 1.165) is 10.2 Å². The summed E-state index contributed by atoms with van der Waals surface area (Å²) in [6.07, 6.45) is -0.613. The Hall–Kier alpha value is -2.11. The number of thiazole rings is 1. The molecule has 1 unspecified atom stereocenters. The van der Waals surface area contributed by atoms with Crippen LogP contribution in [0.2, 0.25) is 5.02 Å². The quantitative estimate of drug-likeness (QED) is 0.658. The van der Waals surface area contributed by atoms with Gasteiger partial charge in [0.1, 0.15) is 5.75 Å². The summed E-state index contributed by atoms with van der Waals surface area (Å²) in [5.74, 6) is 0.493. The van der Waals surface area contributed by atoms with Crippen molar-refractivity contribution in [3.8, 4) is 5.75 Å². The molecule has 0 aliphatic rings. The molecule has 2 aromatic carbocycles. The first kappa shape index (κ1) is 16.7. The fraction of sp³-hybridized carbons (Fsp3) is 0.222. The van der Waals surface area contributed by atoms with Gasteiger partial charge >= 0.3 is 0 Å². The predicted octanol–water partition coefficient (Wildman–Crippen LogP) is 4.77. The second-order valence-corrected chi connectivity index (χ2v) is 6.71. The minimum absolute atomic E-state index is 0.119. The average molecular weight is 361 g/mol. The van der Waals surface area contributed by atoms with Gasteiger partial charge in [0, 0.05) is 11.6 Å². The normalized spacial score (nSPS) is 12.1. The van der Waals surface area contributed by atoms with E-state index in [1.165, 1.54) is 11.3 Å². The van der Waals surface area contributed by atoms with Crippen LogP contribution in [0.3, 0.4) is 0 Å². The standard InChI is InChI=1S/C18H17ClN2O2S/c1-3-21(18-20-15-6-4-5-7-16(15)24-18)17(22)12(2)23-14-10-8-13(19)9-11-14/h4-12H,3H2,1-2H3. The third-order valence-corrected chi connectivity index (χ3v) is 4.88. The number of nitrogens with zero attached hydrogens (tertiary/aromatic N) is 2. The molecule has 0 fully saturated rings. The van der Waals surface area contributed by atoms with Crippen LogP contribution >= 0.6 is 22.9 Å². The molecule has 0 radical (unpaired) electrons. The first-order valence-electron chi connectivity index (χ1n) is 7.67. The highest BCUT2D eigenvalue weighted by Gasteiger charge is 2.24. The van der Waals surface area contributed by atoms with Gasteiger partial charge in [0.15, 0.2) is 11.2 Å². The van der Waals surface area contributed by atoms with E-state index in [1.807, 2.05) is 31.2 Å². The lowest BCUT2D eigenvalue weighted by molar-refractivity contribution is -0.124. The van der Waals surface area contributed by atoms with Gasteiger partial charge in [0.25, 0.3) is 5.91 Å². The van der Waals surface area contributed by atoms with Crippen LogP contribution in [0.15, 0.2) is 48.5 Å². The third kappa shape index (κ3) is 3.52. The molecule has 0 saturated carbocycles. The maximum atomic E-state index is 12.8. The molecule has 1 atom stereocenters. The first-order chi connectivity index (χ1) is 11.6. The zero-order valence-corrected chi connectivity index (χ0v) is 15.0. The molecule has 0 saturated heterocycles. The van der Waals surface area contributed by atoms with Crippen LogP contribution in [-0.2, 0) is 4.79 Å². The number of carbonyl (C=O) groups is 1. The lowest BCUT2D eigenvalue weighted by atomic mass is 10.3. The van der Waals surface area contributed by atoms with Gasteiger partial charge in [-0.1, -0.05) is 35.1 Å². The molecule has 0 aliphatic heterocycles. The molecule has 0 bridgehead atoms. The van der Waals surface area contributed by atoms with Gasteiger partial charge in [-0.3, -0.25) is 9.69 Å². The molecule has 3 aromatic rings. The number of aromatic nitrogens is 1. The topological polar surface area (TPSA) is 42.4 Å². The van der Waals surface area contributed by atoms with E-state index in [-0.39, 0.29) is 5.91 Å². The Balaban J connectivity index is 1.78. The zero-order chi connectivity index (χ0) is 17.1. The van der Waals surface area contributed by atoms with E-state index in [2.05, 4.69) is 4.98 Å². The molecular weight excluding hydrogens is 344 g/mol. The fourth-order valence-electron chi connectivity index (χ4n) is 2.35. The Kier molecular flexibility index (Phi) is 5.02. The van der Waals surface area contributed by atoms with E-state index in [1.54, 1.807) is 36.1 Å². The van der Waals surface area contributed by atoms with Crippen LogP contribution in [0, 0.1) is 0 Å². The number of carbonyl (C=O) groups excluding carboxylic acids is 1. The number of ether oxygens (including phenoxy) is 1. The van der Waals surface area contributed by atoms with Gasteiger partial charge in [-0.05, 0) is 50.2 Å². The zero-order valence-electron chi connectivity index (χ0n) is 13.4. The summed E-state index contributed by atoms with van der Waals surface area (Å²) in [7, 11) is 0. The van der Waals surface area contributed by atoms with Gasteiger partial charge in [0.2, 0.25) is 0 Å². The van der Waals surface area contributed by atoms with E-state index in [0.29, 0.717) is 22.4 Å². The highest BCUT2D eigenvalue weighted by atomic mass is 35.5. The van der Waals surface area contributed by atoms with Crippen LogP contribution in [0.5, 0.6) is 5.75 Å².